The van der Waals surface area contributed by atoms with E-state index in [1.807, 2.05) is 0 Å². The largest absolute Gasteiger partial charge is 0.468 e. The standard InChI is InChI=1S/C7H14O2.C6H6O2/c1-2-3-4-5-6-9-7-8;1-5(7)6-3-2-4-8-6/h7H,2-6H2,1H3;2-4H,1H3. The van der Waals surface area contributed by atoms with Gasteiger partial charge in [0.05, 0.1) is 12.9 Å². The van der Waals surface area contributed by atoms with Crippen molar-refractivity contribution in [3.05, 3.63) is 24.2 Å². The number of unbranched alkanes of at least 4 members (excludes halogenated alkanes) is 3. The van der Waals surface area contributed by atoms with E-state index in [4.69, 9.17) is 4.42 Å². The van der Waals surface area contributed by atoms with Crippen LogP contribution in [0.1, 0.15) is 50.1 Å². The summed E-state index contributed by atoms with van der Waals surface area (Å²) in [5.41, 5.74) is 0. The highest BCUT2D eigenvalue weighted by Crippen LogP contribution is 1.99. The molecule has 0 saturated carbocycles. The summed E-state index contributed by atoms with van der Waals surface area (Å²) in [5.74, 6) is 0.389. The quantitative estimate of drug-likeness (QED) is 0.417. The Morgan fingerprint density at radius 1 is 1.41 bits per heavy atom. The van der Waals surface area contributed by atoms with Gasteiger partial charge in [-0.25, -0.2) is 0 Å². The summed E-state index contributed by atoms with van der Waals surface area (Å²) in [5, 5.41) is 0. The predicted octanol–water partition coefficient (Wildman–Crippen LogP) is 3.22. The van der Waals surface area contributed by atoms with E-state index in [1.54, 1.807) is 12.1 Å². The molecule has 1 heterocycles. The Morgan fingerprint density at radius 3 is 2.59 bits per heavy atom. The van der Waals surface area contributed by atoms with E-state index in [0.29, 0.717) is 18.8 Å². The Bertz CT molecular complexity index is 290. The normalized spacial score (nSPS) is 9.06. The van der Waals surface area contributed by atoms with Crippen LogP contribution < -0.4 is 0 Å². The second kappa shape index (κ2) is 10.9. The van der Waals surface area contributed by atoms with Crippen molar-refractivity contribution in [2.24, 2.45) is 0 Å². The molecule has 1 aromatic rings. The average Bonchev–Trinajstić information content (AvgIpc) is 2.83. The fourth-order valence-electron chi connectivity index (χ4n) is 1.14. The third kappa shape index (κ3) is 9.35. The molecule has 0 atom stereocenters. The van der Waals surface area contributed by atoms with Gasteiger partial charge in [0.15, 0.2) is 11.5 Å². The van der Waals surface area contributed by atoms with Crippen molar-refractivity contribution in [2.45, 2.75) is 39.5 Å². The zero-order chi connectivity index (χ0) is 12.9. The predicted molar refractivity (Wildman–Crippen MR) is 64.9 cm³/mol. The second-order valence-corrected chi connectivity index (χ2v) is 3.56. The molecule has 0 radical (unpaired) electrons. The van der Waals surface area contributed by atoms with E-state index in [9.17, 15) is 9.59 Å². The number of furan rings is 1. The van der Waals surface area contributed by atoms with Crippen LogP contribution in [0.2, 0.25) is 0 Å². The zero-order valence-corrected chi connectivity index (χ0v) is 10.5. The number of Topliss-reactive ketones (excluding diaryl/α,β-unsaturated/α-hetero) is 1. The van der Waals surface area contributed by atoms with Crippen molar-refractivity contribution < 1.29 is 18.7 Å². The highest BCUT2D eigenvalue weighted by atomic mass is 16.5. The maximum absolute atomic E-state index is 10.4. The fourth-order valence-corrected chi connectivity index (χ4v) is 1.14. The molecule has 0 fully saturated rings. The van der Waals surface area contributed by atoms with Gasteiger partial charge in [-0.05, 0) is 18.6 Å². The summed E-state index contributed by atoms with van der Waals surface area (Å²) in [6.45, 7) is 4.72. The van der Waals surface area contributed by atoms with Crippen molar-refractivity contribution in [1.82, 2.24) is 0 Å². The average molecular weight is 240 g/mol. The number of hydrogen-bond donors (Lipinski definition) is 0. The minimum absolute atomic E-state index is 0.0324. The van der Waals surface area contributed by atoms with E-state index in [2.05, 4.69) is 11.7 Å². The molecular formula is C13H20O4. The minimum Gasteiger partial charge on any atom is -0.468 e. The van der Waals surface area contributed by atoms with Crippen LogP contribution in [0.5, 0.6) is 0 Å². The topological polar surface area (TPSA) is 56.5 Å². The lowest BCUT2D eigenvalue weighted by molar-refractivity contribution is -0.128. The molecule has 17 heavy (non-hydrogen) atoms. The summed E-state index contributed by atoms with van der Waals surface area (Å²) < 4.78 is 9.24. The molecule has 0 amide bonds. The lowest BCUT2D eigenvalue weighted by atomic mass is 10.2. The number of carbonyl (C=O) groups is 2. The second-order valence-electron chi connectivity index (χ2n) is 3.56. The molecule has 1 aromatic heterocycles. The van der Waals surface area contributed by atoms with Crippen LogP contribution >= 0.6 is 0 Å². The van der Waals surface area contributed by atoms with Crippen molar-refractivity contribution in [1.29, 1.82) is 0 Å². The maximum atomic E-state index is 10.4. The van der Waals surface area contributed by atoms with Crippen LogP contribution in [0.4, 0.5) is 0 Å². The smallest absolute Gasteiger partial charge is 0.293 e. The van der Waals surface area contributed by atoms with Gasteiger partial charge in [-0.15, -0.1) is 0 Å². The van der Waals surface area contributed by atoms with Crippen LogP contribution in [0, 0.1) is 0 Å². The zero-order valence-electron chi connectivity index (χ0n) is 10.5. The van der Waals surface area contributed by atoms with Crippen LogP contribution in [0.15, 0.2) is 22.8 Å². The third-order valence-electron chi connectivity index (χ3n) is 2.05. The van der Waals surface area contributed by atoms with E-state index in [-0.39, 0.29) is 5.78 Å². The van der Waals surface area contributed by atoms with Crippen LogP contribution in [-0.4, -0.2) is 18.9 Å². The Morgan fingerprint density at radius 2 is 2.18 bits per heavy atom. The molecule has 4 nitrogen and oxygen atoms in total. The van der Waals surface area contributed by atoms with E-state index < -0.39 is 0 Å². The molecule has 0 aliphatic carbocycles. The van der Waals surface area contributed by atoms with E-state index in [0.717, 1.165) is 6.42 Å². The van der Waals surface area contributed by atoms with Crippen molar-refractivity contribution >= 4 is 12.3 Å². The molecule has 0 saturated heterocycles. The first kappa shape index (κ1) is 15.4. The molecule has 0 spiro atoms. The Hall–Kier alpha value is -1.58. The summed E-state index contributed by atoms with van der Waals surface area (Å²) in [6.07, 6.45) is 6.12. The van der Waals surface area contributed by atoms with Gasteiger partial charge in [-0.2, -0.15) is 0 Å². The van der Waals surface area contributed by atoms with Crippen molar-refractivity contribution in [2.75, 3.05) is 6.61 Å². The molecule has 0 aliphatic rings. The van der Waals surface area contributed by atoms with Gasteiger partial charge >= 0.3 is 0 Å². The molecule has 0 bridgehead atoms. The molecular weight excluding hydrogens is 220 g/mol. The van der Waals surface area contributed by atoms with Crippen molar-refractivity contribution in [3.63, 3.8) is 0 Å². The maximum Gasteiger partial charge on any atom is 0.293 e. The van der Waals surface area contributed by atoms with Gasteiger partial charge in [-0.1, -0.05) is 26.2 Å². The molecule has 4 heteroatoms. The number of hydrogen-bond acceptors (Lipinski definition) is 4. The Labute approximate surface area is 102 Å². The molecule has 0 aliphatic heterocycles. The number of carbonyl (C=O) groups excluding carboxylic acids is 2. The van der Waals surface area contributed by atoms with Crippen molar-refractivity contribution in [3.8, 4) is 0 Å². The van der Waals surface area contributed by atoms with Crippen LogP contribution in [0.25, 0.3) is 0 Å². The monoisotopic (exact) mass is 240 g/mol. The van der Waals surface area contributed by atoms with Crippen LogP contribution in [-0.2, 0) is 9.53 Å². The van der Waals surface area contributed by atoms with Crippen LogP contribution in [0.3, 0.4) is 0 Å². The van der Waals surface area contributed by atoms with Gasteiger partial charge in [0.25, 0.3) is 6.47 Å². The highest BCUT2D eigenvalue weighted by molar-refractivity contribution is 5.91. The first-order valence-electron chi connectivity index (χ1n) is 5.82. The van der Waals surface area contributed by atoms with Gasteiger partial charge in [0, 0.05) is 6.92 Å². The molecule has 0 N–H and O–H groups in total. The summed E-state index contributed by atoms with van der Waals surface area (Å²) >= 11 is 0. The lowest BCUT2D eigenvalue weighted by Crippen LogP contribution is -1.90. The first-order valence-corrected chi connectivity index (χ1v) is 5.82. The number of ether oxygens (including phenoxy) is 1. The van der Waals surface area contributed by atoms with E-state index in [1.165, 1.54) is 32.4 Å². The molecule has 0 unspecified atom stereocenters. The number of ketones is 1. The van der Waals surface area contributed by atoms with Gasteiger partial charge in [-0.3, -0.25) is 9.59 Å². The SMILES string of the molecule is CC(=O)c1ccco1.CCCCCCOC=O. The highest BCUT2D eigenvalue weighted by Gasteiger charge is 1.97. The molecule has 96 valence electrons. The summed E-state index contributed by atoms with van der Waals surface area (Å²) in [4.78, 5) is 20.0. The van der Waals surface area contributed by atoms with Gasteiger partial charge in [0.1, 0.15) is 0 Å². The first-order chi connectivity index (χ1) is 8.22. The molecule has 0 aromatic carbocycles. The Kier molecular flexibility index (Phi) is 9.91. The summed E-state index contributed by atoms with van der Waals surface area (Å²) in [6, 6.07) is 3.33. The third-order valence-corrected chi connectivity index (χ3v) is 2.05. The van der Waals surface area contributed by atoms with Gasteiger partial charge in [0.2, 0.25) is 0 Å². The lowest BCUT2D eigenvalue weighted by Gasteiger charge is -1.95. The van der Waals surface area contributed by atoms with E-state index >= 15 is 0 Å². The summed E-state index contributed by atoms with van der Waals surface area (Å²) in [7, 11) is 0. The fraction of sp³-hybridized carbons (Fsp3) is 0.538. The van der Waals surface area contributed by atoms with Gasteiger partial charge < -0.3 is 9.15 Å². The molecule has 1 rings (SSSR count). The number of rotatable bonds is 7. The Balaban J connectivity index is 0.000000302. The minimum atomic E-state index is -0.0324.